The fourth-order valence-electron chi connectivity index (χ4n) is 2.18. The summed E-state index contributed by atoms with van der Waals surface area (Å²) < 4.78 is 13.6. The van der Waals surface area contributed by atoms with E-state index in [2.05, 4.69) is 0 Å². The number of carbonyl (C=O) groups excluding carboxylic acids is 2. The average molecular weight is 265 g/mol. The monoisotopic (exact) mass is 265 g/mol. The van der Waals surface area contributed by atoms with E-state index in [0.717, 1.165) is 0 Å². The molecule has 19 heavy (non-hydrogen) atoms. The van der Waals surface area contributed by atoms with Crippen molar-refractivity contribution >= 4 is 17.5 Å². The molecular weight excluding hydrogens is 249 g/mol. The van der Waals surface area contributed by atoms with Crippen LogP contribution in [-0.2, 0) is 4.79 Å². The van der Waals surface area contributed by atoms with Crippen molar-refractivity contribution in [1.82, 2.24) is 4.90 Å². The molecule has 1 saturated heterocycles. The number of carbonyl (C=O) groups is 2. The molecule has 2 amide bonds. The van der Waals surface area contributed by atoms with Crippen LogP contribution >= 0.6 is 0 Å². The van der Waals surface area contributed by atoms with E-state index in [4.69, 9.17) is 11.5 Å². The van der Waals surface area contributed by atoms with Gasteiger partial charge in [-0.05, 0) is 25.5 Å². The molecule has 0 aromatic heterocycles. The first-order chi connectivity index (χ1) is 8.90. The number of nitrogens with two attached hydrogens (primary N) is 2. The first-order valence-corrected chi connectivity index (χ1v) is 6.04. The van der Waals surface area contributed by atoms with Gasteiger partial charge in [0, 0.05) is 29.9 Å². The number of likely N-dealkylation sites (tertiary alicyclic amines) is 1. The van der Waals surface area contributed by atoms with Gasteiger partial charge in [0.2, 0.25) is 5.91 Å². The van der Waals surface area contributed by atoms with Gasteiger partial charge in [-0.3, -0.25) is 9.59 Å². The highest BCUT2D eigenvalue weighted by molar-refractivity contribution is 5.96. The van der Waals surface area contributed by atoms with Gasteiger partial charge in [0.05, 0.1) is 5.92 Å². The molecule has 4 N–H and O–H groups in total. The van der Waals surface area contributed by atoms with Gasteiger partial charge in [-0.2, -0.15) is 0 Å². The Morgan fingerprint density at radius 2 is 2.11 bits per heavy atom. The second-order valence-electron chi connectivity index (χ2n) is 4.81. The van der Waals surface area contributed by atoms with E-state index < -0.39 is 11.7 Å². The topological polar surface area (TPSA) is 89.4 Å². The minimum atomic E-state index is -0.506. The molecule has 5 nitrogen and oxygen atoms in total. The van der Waals surface area contributed by atoms with E-state index in [1.807, 2.05) is 0 Å². The minimum absolute atomic E-state index is 0.200. The van der Waals surface area contributed by atoms with Crippen molar-refractivity contribution in [3.05, 3.63) is 29.1 Å². The zero-order valence-corrected chi connectivity index (χ0v) is 10.6. The molecule has 6 heteroatoms. The quantitative estimate of drug-likeness (QED) is 0.770. The predicted molar refractivity (Wildman–Crippen MR) is 68.8 cm³/mol. The Morgan fingerprint density at radius 1 is 1.42 bits per heavy atom. The van der Waals surface area contributed by atoms with Crippen LogP contribution in [0.4, 0.5) is 10.1 Å². The Morgan fingerprint density at radius 3 is 2.63 bits per heavy atom. The van der Waals surface area contributed by atoms with E-state index in [-0.39, 0.29) is 29.6 Å². The summed E-state index contributed by atoms with van der Waals surface area (Å²) in [6.45, 7) is 2.28. The molecule has 1 fully saturated rings. The standard InChI is InChI=1S/C13H16FN3O2/c1-7-10(14)4-9(5-11(7)15)13(19)17-3-2-8(6-17)12(16)18/h4-5,8H,2-3,6,15H2,1H3,(H2,16,18). The summed E-state index contributed by atoms with van der Waals surface area (Å²) in [5.74, 6) is -1.56. The highest BCUT2D eigenvalue weighted by atomic mass is 19.1. The van der Waals surface area contributed by atoms with Crippen LogP contribution in [0.15, 0.2) is 12.1 Å². The van der Waals surface area contributed by atoms with E-state index >= 15 is 0 Å². The van der Waals surface area contributed by atoms with Crippen LogP contribution in [-0.4, -0.2) is 29.8 Å². The molecule has 0 radical (unpaired) electrons. The predicted octanol–water partition coefficient (Wildman–Crippen LogP) is 0.664. The third kappa shape index (κ3) is 2.52. The number of hydrogen-bond donors (Lipinski definition) is 2. The summed E-state index contributed by atoms with van der Waals surface area (Å²) in [5, 5.41) is 0. The molecule has 1 aliphatic rings. The van der Waals surface area contributed by atoms with Gasteiger partial charge >= 0.3 is 0 Å². The normalized spacial score (nSPS) is 18.6. The smallest absolute Gasteiger partial charge is 0.254 e. The summed E-state index contributed by atoms with van der Waals surface area (Å²) in [4.78, 5) is 24.7. The maximum Gasteiger partial charge on any atom is 0.254 e. The van der Waals surface area contributed by atoms with Gasteiger partial charge in [-0.1, -0.05) is 0 Å². The molecule has 1 aromatic carbocycles. The Bertz CT molecular complexity index is 522. The first-order valence-electron chi connectivity index (χ1n) is 6.04. The van der Waals surface area contributed by atoms with Gasteiger partial charge < -0.3 is 16.4 Å². The Balaban J connectivity index is 2.19. The van der Waals surface area contributed by atoms with E-state index in [0.29, 0.717) is 18.5 Å². The summed E-state index contributed by atoms with van der Waals surface area (Å²) in [7, 11) is 0. The molecule has 0 aliphatic carbocycles. The molecule has 102 valence electrons. The van der Waals surface area contributed by atoms with Gasteiger partial charge in [0.25, 0.3) is 5.91 Å². The van der Waals surface area contributed by atoms with Crippen LogP contribution in [0.2, 0.25) is 0 Å². The molecule has 1 aromatic rings. The van der Waals surface area contributed by atoms with Gasteiger partial charge in [0.1, 0.15) is 5.82 Å². The first kappa shape index (κ1) is 13.3. The van der Waals surface area contributed by atoms with E-state index in [9.17, 15) is 14.0 Å². The zero-order valence-electron chi connectivity index (χ0n) is 10.6. The van der Waals surface area contributed by atoms with E-state index in [1.165, 1.54) is 17.0 Å². The summed E-state index contributed by atoms with van der Waals surface area (Å²) in [6, 6.07) is 2.63. The highest BCUT2D eigenvalue weighted by Gasteiger charge is 2.30. The van der Waals surface area contributed by atoms with Crippen LogP contribution < -0.4 is 11.5 Å². The van der Waals surface area contributed by atoms with Crippen molar-refractivity contribution in [2.45, 2.75) is 13.3 Å². The summed E-state index contributed by atoms with van der Waals surface area (Å²) in [6.07, 6.45) is 0.547. The van der Waals surface area contributed by atoms with Crippen LogP contribution in [0.5, 0.6) is 0 Å². The molecule has 1 atom stereocenters. The number of anilines is 1. The van der Waals surface area contributed by atoms with Gasteiger partial charge in [-0.25, -0.2) is 4.39 Å². The van der Waals surface area contributed by atoms with Crippen molar-refractivity contribution in [2.24, 2.45) is 11.7 Å². The number of nitrogens with zero attached hydrogens (tertiary/aromatic N) is 1. The summed E-state index contributed by atoms with van der Waals surface area (Å²) in [5.41, 5.74) is 11.6. The molecule has 1 heterocycles. The number of primary amides is 1. The average Bonchev–Trinajstić information content (AvgIpc) is 2.84. The lowest BCUT2D eigenvalue weighted by Crippen LogP contribution is -2.31. The molecule has 1 aliphatic heterocycles. The second kappa shape index (κ2) is 4.87. The van der Waals surface area contributed by atoms with Gasteiger partial charge in [0.15, 0.2) is 0 Å². The lowest BCUT2D eigenvalue weighted by molar-refractivity contribution is -0.121. The number of nitrogen functional groups attached to an aromatic ring is 1. The van der Waals surface area contributed by atoms with Crippen molar-refractivity contribution in [3.63, 3.8) is 0 Å². The van der Waals surface area contributed by atoms with Crippen molar-refractivity contribution < 1.29 is 14.0 Å². The molecule has 2 rings (SSSR count). The third-order valence-corrected chi connectivity index (χ3v) is 3.51. The van der Waals surface area contributed by atoms with Crippen LogP contribution in [0.25, 0.3) is 0 Å². The maximum atomic E-state index is 13.6. The third-order valence-electron chi connectivity index (χ3n) is 3.51. The van der Waals surface area contributed by atoms with Crippen LogP contribution in [0.1, 0.15) is 22.3 Å². The fourth-order valence-corrected chi connectivity index (χ4v) is 2.18. The maximum absolute atomic E-state index is 13.6. The molecule has 1 unspecified atom stereocenters. The molecule has 0 bridgehead atoms. The SMILES string of the molecule is Cc1c(N)cc(C(=O)N2CCC(C(N)=O)C2)cc1F. The fraction of sp³-hybridized carbons (Fsp3) is 0.385. The van der Waals surface area contributed by atoms with Gasteiger partial charge in [-0.15, -0.1) is 0 Å². The number of amides is 2. The number of hydrogen-bond acceptors (Lipinski definition) is 3. The number of benzene rings is 1. The molecule has 0 saturated carbocycles. The second-order valence-corrected chi connectivity index (χ2v) is 4.81. The lowest BCUT2D eigenvalue weighted by atomic mass is 10.1. The van der Waals surface area contributed by atoms with Crippen molar-refractivity contribution in [3.8, 4) is 0 Å². The largest absolute Gasteiger partial charge is 0.398 e. The number of rotatable bonds is 2. The van der Waals surface area contributed by atoms with Crippen LogP contribution in [0, 0.1) is 18.7 Å². The highest BCUT2D eigenvalue weighted by Crippen LogP contribution is 2.22. The zero-order chi connectivity index (χ0) is 14.2. The van der Waals surface area contributed by atoms with Crippen molar-refractivity contribution in [1.29, 1.82) is 0 Å². The molecule has 0 spiro atoms. The van der Waals surface area contributed by atoms with Crippen LogP contribution in [0.3, 0.4) is 0 Å². The Kier molecular flexibility index (Phi) is 3.42. The Hall–Kier alpha value is -2.11. The minimum Gasteiger partial charge on any atom is -0.398 e. The number of halogens is 1. The summed E-state index contributed by atoms with van der Waals surface area (Å²) >= 11 is 0. The lowest BCUT2D eigenvalue weighted by Gasteiger charge is -2.16. The molecular formula is C13H16FN3O2. The van der Waals surface area contributed by atoms with E-state index in [1.54, 1.807) is 6.92 Å². The Labute approximate surface area is 110 Å². The van der Waals surface area contributed by atoms with Crippen molar-refractivity contribution in [2.75, 3.05) is 18.8 Å².